The summed E-state index contributed by atoms with van der Waals surface area (Å²) in [5.74, 6) is 0. The molecule has 0 bridgehead atoms. The third kappa shape index (κ3) is 3.30. The smallest absolute Gasteiger partial charge is 0.0753 e. The van der Waals surface area contributed by atoms with Gasteiger partial charge in [-0.2, -0.15) is 0 Å². The largest absolute Gasteiger partial charge is 0.389 e. The second-order valence-electron chi connectivity index (χ2n) is 5.04. The van der Waals surface area contributed by atoms with E-state index < -0.39 is 0 Å². The van der Waals surface area contributed by atoms with Gasteiger partial charge in [-0.05, 0) is 43.1 Å². The Morgan fingerprint density at radius 2 is 2.36 bits per heavy atom. The minimum absolute atomic E-state index is 0.243. The van der Waals surface area contributed by atoms with E-state index in [-0.39, 0.29) is 6.10 Å². The van der Waals surface area contributed by atoms with Gasteiger partial charge in [0.05, 0.1) is 6.10 Å². The summed E-state index contributed by atoms with van der Waals surface area (Å²) in [6, 6.07) is 0. The second kappa shape index (κ2) is 4.79. The number of hydrogen-bond donors (Lipinski definition) is 1. The number of allylic oxidation sites excluding steroid dienone is 2. The molecule has 1 heteroatoms. The predicted molar refractivity (Wildman–Crippen MR) is 61.2 cm³/mol. The van der Waals surface area contributed by atoms with Gasteiger partial charge in [0.1, 0.15) is 0 Å². The molecular weight excluding hydrogens is 172 g/mol. The lowest BCUT2D eigenvalue weighted by molar-refractivity contribution is 0.178. The first kappa shape index (κ1) is 11.5. The lowest BCUT2D eigenvalue weighted by Gasteiger charge is -2.31. The van der Waals surface area contributed by atoms with Gasteiger partial charge in [0.2, 0.25) is 0 Å². The van der Waals surface area contributed by atoms with E-state index in [2.05, 4.69) is 26.5 Å². The van der Waals surface area contributed by atoms with Crippen molar-refractivity contribution >= 4 is 0 Å². The first-order chi connectivity index (χ1) is 6.55. The van der Waals surface area contributed by atoms with Crippen LogP contribution in [0.2, 0.25) is 0 Å². The molecule has 1 unspecified atom stereocenters. The summed E-state index contributed by atoms with van der Waals surface area (Å²) in [5.41, 5.74) is 1.61. The molecule has 1 N–H and O–H groups in total. The fraction of sp³-hybridized carbons (Fsp3) is 0.692. The molecular formula is C13H22O. The normalized spacial score (nSPS) is 22.6. The third-order valence-corrected chi connectivity index (χ3v) is 2.98. The minimum Gasteiger partial charge on any atom is -0.389 e. The summed E-state index contributed by atoms with van der Waals surface area (Å²) < 4.78 is 0. The van der Waals surface area contributed by atoms with Gasteiger partial charge >= 0.3 is 0 Å². The Kier molecular flexibility index (Phi) is 3.94. The maximum absolute atomic E-state index is 9.92. The highest BCUT2D eigenvalue weighted by Crippen LogP contribution is 2.36. The molecule has 0 aromatic heterocycles. The summed E-state index contributed by atoms with van der Waals surface area (Å²) in [4.78, 5) is 0. The van der Waals surface area contributed by atoms with Gasteiger partial charge in [0.15, 0.2) is 0 Å². The highest BCUT2D eigenvalue weighted by Gasteiger charge is 2.25. The van der Waals surface area contributed by atoms with E-state index >= 15 is 0 Å². The number of hydrogen-bond acceptors (Lipinski definition) is 1. The van der Waals surface area contributed by atoms with Crippen LogP contribution in [0.3, 0.4) is 0 Å². The Balaban J connectivity index is 2.51. The van der Waals surface area contributed by atoms with E-state index in [1.807, 2.05) is 6.08 Å². The van der Waals surface area contributed by atoms with Crippen LogP contribution in [-0.2, 0) is 0 Å². The van der Waals surface area contributed by atoms with Gasteiger partial charge in [0.25, 0.3) is 0 Å². The maximum atomic E-state index is 9.92. The molecule has 1 aliphatic rings. The molecule has 1 rings (SSSR count). The molecule has 1 atom stereocenters. The average molecular weight is 194 g/mol. The second-order valence-corrected chi connectivity index (χ2v) is 5.04. The monoisotopic (exact) mass is 194 g/mol. The van der Waals surface area contributed by atoms with Gasteiger partial charge in [-0.15, -0.1) is 6.58 Å². The van der Waals surface area contributed by atoms with Crippen molar-refractivity contribution in [2.75, 3.05) is 0 Å². The van der Waals surface area contributed by atoms with E-state index in [4.69, 9.17) is 0 Å². The van der Waals surface area contributed by atoms with Crippen LogP contribution in [0.1, 0.15) is 46.0 Å². The standard InChI is InChI=1S/C13H22O/c1-4-5-8-12(14)11-7-6-9-13(2,3)10-11/h4,7,12,14H,1,5-6,8-10H2,2-3H3. The van der Waals surface area contributed by atoms with Crippen LogP contribution in [0, 0.1) is 5.41 Å². The first-order valence-corrected chi connectivity index (χ1v) is 5.53. The van der Waals surface area contributed by atoms with E-state index in [9.17, 15) is 5.11 Å². The van der Waals surface area contributed by atoms with Gasteiger partial charge in [0, 0.05) is 0 Å². The van der Waals surface area contributed by atoms with E-state index in [0.717, 1.165) is 25.7 Å². The Labute approximate surface area is 87.5 Å². The summed E-state index contributed by atoms with van der Waals surface area (Å²) in [5, 5.41) is 9.92. The van der Waals surface area contributed by atoms with Crippen molar-refractivity contribution in [1.82, 2.24) is 0 Å². The Hall–Kier alpha value is -0.560. The van der Waals surface area contributed by atoms with Gasteiger partial charge in [-0.25, -0.2) is 0 Å². The molecule has 0 saturated carbocycles. The molecule has 0 aromatic rings. The lowest BCUT2D eigenvalue weighted by Crippen LogP contribution is -2.22. The maximum Gasteiger partial charge on any atom is 0.0753 e. The summed E-state index contributed by atoms with van der Waals surface area (Å²) in [6.07, 6.45) is 8.98. The van der Waals surface area contributed by atoms with Crippen LogP contribution in [0.4, 0.5) is 0 Å². The Bertz CT molecular complexity index is 225. The quantitative estimate of drug-likeness (QED) is 0.680. The highest BCUT2D eigenvalue weighted by atomic mass is 16.3. The molecule has 0 saturated heterocycles. The van der Waals surface area contributed by atoms with Crippen molar-refractivity contribution in [2.45, 2.75) is 52.1 Å². The van der Waals surface area contributed by atoms with Crippen molar-refractivity contribution in [1.29, 1.82) is 0 Å². The summed E-state index contributed by atoms with van der Waals surface area (Å²) >= 11 is 0. The van der Waals surface area contributed by atoms with Crippen LogP contribution in [0.15, 0.2) is 24.3 Å². The van der Waals surface area contributed by atoms with Crippen LogP contribution >= 0.6 is 0 Å². The van der Waals surface area contributed by atoms with Gasteiger partial charge in [-0.3, -0.25) is 0 Å². The lowest BCUT2D eigenvalue weighted by atomic mass is 9.75. The van der Waals surface area contributed by atoms with E-state index in [1.54, 1.807) is 0 Å². The van der Waals surface area contributed by atoms with Crippen LogP contribution in [0.25, 0.3) is 0 Å². The highest BCUT2D eigenvalue weighted by molar-refractivity contribution is 5.14. The fourth-order valence-electron chi connectivity index (χ4n) is 2.08. The number of rotatable bonds is 4. The van der Waals surface area contributed by atoms with Crippen molar-refractivity contribution in [2.24, 2.45) is 5.41 Å². The predicted octanol–water partition coefficient (Wildman–Crippen LogP) is 3.45. The molecule has 80 valence electrons. The Morgan fingerprint density at radius 3 is 2.93 bits per heavy atom. The van der Waals surface area contributed by atoms with Crippen LogP contribution in [-0.4, -0.2) is 11.2 Å². The number of aliphatic hydroxyl groups excluding tert-OH is 1. The summed E-state index contributed by atoms with van der Waals surface area (Å²) in [7, 11) is 0. The molecule has 0 spiro atoms. The molecule has 0 fully saturated rings. The topological polar surface area (TPSA) is 20.2 Å². The van der Waals surface area contributed by atoms with E-state index in [1.165, 1.54) is 12.0 Å². The molecule has 0 amide bonds. The molecule has 14 heavy (non-hydrogen) atoms. The first-order valence-electron chi connectivity index (χ1n) is 5.53. The van der Waals surface area contributed by atoms with Gasteiger partial charge in [-0.1, -0.05) is 26.0 Å². The molecule has 1 aliphatic carbocycles. The Morgan fingerprint density at radius 1 is 1.64 bits per heavy atom. The van der Waals surface area contributed by atoms with Crippen molar-refractivity contribution < 1.29 is 5.11 Å². The van der Waals surface area contributed by atoms with Crippen LogP contribution in [0.5, 0.6) is 0 Å². The number of aliphatic hydroxyl groups is 1. The fourth-order valence-corrected chi connectivity index (χ4v) is 2.08. The average Bonchev–Trinajstić information content (AvgIpc) is 2.12. The molecule has 0 aromatic carbocycles. The zero-order chi connectivity index (χ0) is 10.6. The van der Waals surface area contributed by atoms with Gasteiger partial charge < -0.3 is 5.11 Å². The summed E-state index contributed by atoms with van der Waals surface area (Å²) in [6.45, 7) is 8.23. The van der Waals surface area contributed by atoms with Crippen molar-refractivity contribution in [3.05, 3.63) is 24.3 Å². The van der Waals surface area contributed by atoms with Crippen LogP contribution < -0.4 is 0 Å². The third-order valence-electron chi connectivity index (χ3n) is 2.98. The zero-order valence-electron chi connectivity index (χ0n) is 9.42. The zero-order valence-corrected chi connectivity index (χ0v) is 9.42. The molecule has 0 radical (unpaired) electrons. The minimum atomic E-state index is -0.243. The molecule has 1 nitrogen and oxygen atoms in total. The van der Waals surface area contributed by atoms with Crippen molar-refractivity contribution in [3.63, 3.8) is 0 Å². The van der Waals surface area contributed by atoms with Crippen molar-refractivity contribution in [3.8, 4) is 0 Å². The SMILES string of the molecule is C=CCCC(O)C1=CCCC(C)(C)C1. The van der Waals surface area contributed by atoms with E-state index in [0.29, 0.717) is 5.41 Å². The molecule has 0 aliphatic heterocycles. The molecule has 0 heterocycles.